The van der Waals surface area contributed by atoms with Crippen molar-refractivity contribution in [2.24, 2.45) is 0 Å². The second-order valence-electron chi connectivity index (χ2n) is 5.11. The second kappa shape index (κ2) is 6.27. The fourth-order valence-corrected chi connectivity index (χ4v) is 3.86. The largest absolute Gasteiger partial charge is 0.389 e. The summed E-state index contributed by atoms with van der Waals surface area (Å²) in [4.78, 5) is 2.47. The maximum atomic E-state index is 12.4. The van der Waals surface area contributed by atoms with Crippen LogP contribution in [0.5, 0.6) is 0 Å². The van der Waals surface area contributed by atoms with E-state index < -0.39 is 12.6 Å². The Bertz CT molecular complexity index is 390. The molecule has 0 saturated carbocycles. The molecule has 1 N–H and O–H groups in total. The fourth-order valence-electron chi connectivity index (χ4n) is 2.50. The van der Waals surface area contributed by atoms with E-state index in [1.165, 1.54) is 16.9 Å². The highest BCUT2D eigenvalue weighted by Crippen LogP contribution is 2.36. The molecular weight excluding hydrogens is 271 g/mol. The van der Waals surface area contributed by atoms with E-state index in [0.717, 1.165) is 30.7 Å². The van der Waals surface area contributed by atoms with Crippen molar-refractivity contribution >= 4 is 11.3 Å². The molecule has 1 atom stereocenters. The van der Waals surface area contributed by atoms with Crippen molar-refractivity contribution in [3.8, 4) is 0 Å². The summed E-state index contributed by atoms with van der Waals surface area (Å²) in [6, 6.07) is 1.98. The van der Waals surface area contributed by atoms with Gasteiger partial charge in [0.05, 0.1) is 0 Å². The molecule has 0 saturated heterocycles. The zero-order chi connectivity index (χ0) is 13.9. The summed E-state index contributed by atoms with van der Waals surface area (Å²) < 4.78 is 37.2. The van der Waals surface area contributed by atoms with Gasteiger partial charge >= 0.3 is 6.18 Å². The number of hydrogen-bond donors (Lipinski definition) is 1. The first-order valence-electron chi connectivity index (χ1n) is 6.91. The Hall–Kier alpha value is -0.550. The Morgan fingerprint density at radius 1 is 1.37 bits per heavy atom. The summed E-state index contributed by atoms with van der Waals surface area (Å²) >= 11 is 1.70. The summed E-state index contributed by atoms with van der Waals surface area (Å²) in [5.74, 6) is 0. The normalized spacial score (nSPS) is 16.6. The highest BCUT2D eigenvalue weighted by Gasteiger charge is 2.29. The molecule has 108 valence electrons. The highest BCUT2D eigenvalue weighted by molar-refractivity contribution is 7.12. The van der Waals surface area contributed by atoms with E-state index in [-0.39, 0.29) is 12.5 Å². The van der Waals surface area contributed by atoms with E-state index in [1.54, 1.807) is 11.3 Å². The van der Waals surface area contributed by atoms with Crippen LogP contribution in [-0.4, -0.2) is 12.7 Å². The van der Waals surface area contributed by atoms with Crippen LogP contribution in [0.1, 0.15) is 54.0 Å². The molecule has 0 aliphatic heterocycles. The summed E-state index contributed by atoms with van der Waals surface area (Å²) in [6.07, 6.45) is -0.317. The lowest BCUT2D eigenvalue weighted by Gasteiger charge is -2.18. The number of aryl methyl sites for hydroxylation is 2. The Morgan fingerprint density at radius 3 is 2.79 bits per heavy atom. The molecule has 19 heavy (non-hydrogen) atoms. The number of nitrogens with one attached hydrogen (secondary N) is 1. The van der Waals surface area contributed by atoms with Crippen molar-refractivity contribution in [3.63, 3.8) is 0 Å². The number of halogens is 3. The minimum atomic E-state index is -4.06. The summed E-state index contributed by atoms with van der Waals surface area (Å²) in [5.41, 5.74) is 1.36. The Labute approximate surface area is 116 Å². The van der Waals surface area contributed by atoms with Crippen LogP contribution in [-0.2, 0) is 12.8 Å². The van der Waals surface area contributed by atoms with Gasteiger partial charge in [-0.05, 0) is 50.3 Å². The maximum absolute atomic E-state index is 12.4. The average Bonchev–Trinajstić information content (AvgIpc) is 2.88. The van der Waals surface area contributed by atoms with Gasteiger partial charge in [0, 0.05) is 22.2 Å². The monoisotopic (exact) mass is 291 g/mol. The number of hydrogen-bond acceptors (Lipinski definition) is 2. The lowest BCUT2D eigenvalue weighted by molar-refractivity contribution is -0.136. The van der Waals surface area contributed by atoms with Gasteiger partial charge in [-0.15, -0.1) is 11.3 Å². The molecule has 0 aromatic carbocycles. The van der Waals surface area contributed by atoms with Crippen molar-refractivity contribution in [1.82, 2.24) is 5.32 Å². The zero-order valence-corrected chi connectivity index (χ0v) is 12.0. The molecule has 1 aliphatic carbocycles. The Morgan fingerprint density at radius 2 is 2.16 bits per heavy atom. The van der Waals surface area contributed by atoms with Gasteiger partial charge in [0.25, 0.3) is 0 Å². The van der Waals surface area contributed by atoms with Crippen LogP contribution in [0, 0.1) is 0 Å². The molecule has 5 heteroatoms. The van der Waals surface area contributed by atoms with Gasteiger partial charge in [0.15, 0.2) is 0 Å². The fraction of sp³-hybridized carbons (Fsp3) is 0.714. The van der Waals surface area contributed by atoms with Crippen LogP contribution in [0.4, 0.5) is 13.2 Å². The molecule has 2 rings (SSSR count). The molecule has 0 fully saturated rings. The molecule has 1 aromatic heterocycles. The van der Waals surface area contributed by atoms with Crippen molar-refractivity contribution in [2.75, 3.05) is 6.54 Å². The van der Waals surface area contributed by atoms with Crippen LogP contribution in [0.25, 0.3) is 0 Å². The highest BCUT2D eigenvalue weighted by atomic mass is 32.1. The molecule has 0 radical (unpaired) electrons. The van der Waals surface area contributed by atoms with E-state index in [9.17, 15) is 13.2 Å². The van der Waals surface area contributed by atoms with E-state index in [4.69, 9.17) is 0 Å². The minimum Gasteiger partial charge on any atom is -0.309 e. The van der Waals surface area contributed by atoms with E-state index >= 15 is 0 Å². The molecule has 1 nitrogen and oxygen atoms in total. The molecule has 1 aliphatic rings. The third kappa shape index (κ3) is 4.21. The van der Waals surface area contributed by atoms with Crippen molar-refractivity contribution in [1.29, 1.82) is 0 Å². The topological polar surface area (TPSA) is 12.0 Å². The number of alkyl halides is 3. The quantitative estimate of drug-likeness (QED) is 0.806. The molecule has 0 amide bonds. The van der Waals surface area contributed by atoms with Crippen molar-refractivity contribution < 1.29 is 13.2 Å². The zero-order valence-electron chi connectivity index (χ0n) is 11.1. The van der Waals surface area contributed by atoms with Gasteiger partial charge in [0.1, 0.15) is 0 Å². The first-order chi connectivity index (χ1) is 8.99. The second-order valence-corrected chi connectivity index (χ2v) is 6.28. The maximum Gasteiger partial charge on any atom is 0.389 e. The molecular formula is C14H20F3NS. The molecule has 1 heterocycles. The third-order valence-electron chi connectivity index (χ3n) is 3.47. The van der Waals surface area contributed by atoms with E-state index in [2.05, 4.69) is 11.4 Å². The summed E-state index contributed by atoms with van der Waals surface area (Å²) in [5, 5.41) is 3.26. The number of thiophene rings is 1. The van der Waals surface area contributed by atoms with Crippen LogP contribution in [0.3, 0.4) is 0 Å². The Balaban J connectivity index is 2.03. The average molecular weight is 291 g/mol. The van der Waals surface area contributed by atoms with Crippen LogP contribution in [0.15, 0.2) is 6.07 Å². The predicted octanol–water partition coefficient (Wildman–Crippen LogP) is 4.62. The minimum absolute atomic E-state index is 0.142. The standard InChI is InChI=1S/C14H20F3NS/c1-2-8-18-11(6-7-14(15,16)17)13-9-10-4-3-5-12(10)19-13/h9,11,18H,2-8H2,1H3. The van der Waals surface area contributed by atoms with Crippen LogP contribution in [0.2, 0.25) is 0 Å². The van der Waals surface area contributed by atoms with E-state index in [1.807, 2.05) is 6.92 Å². The number of fused-ring (bicyclic) bond motifs is 1. The lowest BCUT2D eigenvalue weighted by Crippen LogP contribution is -2.23. The van der Waals surface area contributed by atoms with Gasteiger partial charge in [-0.2, -0.15) is 13.2 Å². The van der Waals surface area contributed by atoms with Gasteiger partial charge in [-0.25, -0.2) is 0 Å². The predicted molar refractivity (Wildman–Crippen MR) is 72.7 cm³/mol. The molecule has 1 unspecified atom stereocenters. The summed E-state index contributed by atoms with van der Waals surface area (Å²) in [7, 11) is 0. The van der Waals surface area contributed by atoms with Gasteiger partial charge in [-0.3, -0.25) is 0 Å². The third-order valence-corrected chi connectivity index (χ3v) is 4.82. The molecule has 0 spiro atoms. The van der Waals surface area contributed by atoms with Crippen LogP contribution < -0.4 is 5.32 Å². The molecule has 0 bridgehead atoms. The SMILES string of the molecule is CCCNC(CCC(F)(F)F)c1cc2c(s1)CCC2. The van der Waals surface area contributed by atoms with E-state index in [0.29, 0.717) is 0 Å². The molecule has 1 aromatic rings. The van der Waals surface area contributed by atoms with Crippen molar-refractivity contribution in [2.45, 2.75) is 57.7 Å². The van der Waals surface area contributed by atoms with Crippen molar-refractivity contribution in [3.05, 3.63) is 21.4 Å². The summed E-state index contributed by atoms with van der Waals surface area (Å²) in [6.45, 7) is 2.80. The first kappa shape index (κ1) is 14.9. The smallest absolute Gasteiger partial charge is 0.309 e. The Kier molecular flexibility index (Phi) is 4.90. The van der Waals surface area contributed by atoms with Gasteiger partial charge in [-0.1, -0.05) is 6.92 Å². The van der Waals surface area contributed by atoms with Crippen LogP contribution >= 0.6 is 11.3 Å². The number of rotatable bonds is 6. The van der Waals surface area contributed by atoms with Gasteiger partial charge < -0.3 is 5.32 Å². The first-order valence-corrected chi connectivity index (χ1v) is 7.73. The lowest BCUT2D eigenvalue weighted by atomic mass is 10.1. The van der Waals surface area contributed by atoms with Gasteiger partial charge in [0.2, 0.25) is 0 Å².